The summed E-state index contributed by atoms with van der Waals surface area (Å²) >= 11 is 0. The van der Waals surface area contributed by atoms with Crippen LogP contribution in [0.1, 0.15) is 252 Å². The number of hydrogen-bond donors (Lipinski definition) is 0. The molecule has 0 bridgehead atoms. The van der Waals surface area contributed by atoms with Gasteiger partial charge in [-0.05, 0) is 96.3 Å². The van der Waals surface area contributed by atoms with Crippen LogP contribution in [-0.4, -0.2) is 37.2 Å². The predicted molar refractivity (Wildman–Crippen MR) is 297 cm³/mol. The van der Waals surface area contributed by atoms with Crippen molar-refractivity contribution in [3.63, 3.8) is 0 Å². The number of unbranched alkanes of at least 4 members (excludes halogenated alkanes) is 21. The summed E-state index contributed by atoms with van der Waals surface area (Å²) in [6.45, 7) is 6.43. The minimum atomic E-state index is -0.809. The van der Waals surface area contributed by atoms with Crippen molar-refractivity contribution in [3.05, 3.63) is 109 Å². The zero-order valence-electron chi connectivity index (χ0n) is 44.8. The SMILES string of the molecule is CC/C=C\C/C=C\C/C=C\C/C=C\C/C=C\C/C=C\C/C=C\CCCC(=O)OCC(COC(=O)CCCCCCCCCCCCCCCC)OC(=O)CCCCCCC/C=C\C/C=C\CCCC. The Kier molecular flexibility index (Phi) is 53.4. The van der Waals surface area contributed by atoms with E-state index in [1.807, 2.05) is 0 Å². The van der Waals surface area contributed by atoms with Gasteiger partial charge in [-0.3, -0.25) is 14.4 Å². The van der Waals surface area contributed by atoms with Gasteiger partial charge in [0.1, 0.15) is 13.2 Å². The molecule has 0 aromatic heterocycles. The third kappa shape index (κ3) is 54.9. The molecule has 0 rings (SSSR count). The normalized spacial score (nSPS) is 12.9. The van der Waals surface area contributed by atoms with E-state index in [4.69, 9.17) is 14.2 Å². The summed E-state index contributed by atoms with van der Waals surface area (Å²) in [5.41, 5.74) is 0. The molecule has 0 aliphatic heterocycles. The average Bonchev–Trinajstić information content (AvgIpc) is 3.35. The third-order valence-electron chi connectivity index (χ3n) is 11.8. The Labute approximate surface area is 425 Å². The van der Waals surface area contributed by atoms with E-state index in [-0.39, 0.29) is 37.5 Å². The predicted octanol–water partition coefficient (Wildman–Crippen LogP) is 19.1. The Morgan fingerprint density at radius 1 is 0.304 bits per heavy atom. The molecule has 69 heavy (non-hydrogen) atoms. The molecule has 1 atom stereocenters. The van der Waals surface area contributed by atoms with Crippen molar-refractivity contribution in [1.29, 1.82) is 0 Å². The molecule has 0 N–H and O–H groups in total. The van der Waals surface area contributed by atoms with E-state index < -0.39 is 6.10 Å². The van der Waals surface area contributed by atoms with Crippen molar-refractivity contribution < 1.29 is 28.6 Å². The number of hydrogen-bond acceptors (Lipinski definition) is 6. The van der Waals surface area contributed by atoms with Gasteiger partial charge in [-0.15, -0.1) is 0 Å². The lowest BCUT2D eigenvalue weighted by Crippen LogP contribution is -2.30. The molecule has 0 aliphatic carbocycles. The summed E-state index contributed by atoms with van der Waals surface area (Å²) in [7, 11) is 0. The second-order valence-corrected chi connectivity index (χ2v) is 18.5. The maximum absolute atomic E-state index is 12.8. The molecule has 0 spiro atoms. The van der Waals surface area contributed by atoms with E-state index in [0.29, 0.717) is 19.3 Å². The van der Waals surface area contributed by atoms with Gasteiger partial charge in [0.15, 0.2) is 6.10 Å². The second kappa shape index (κ2) is 56.7. The van der Waals surface area contributed by atoms with Crippen LogP contribution in [0.2, 0.25) is 0 Å². The molecule has 6 nitrogen and oxygen atoms in total. The smallest absolute Gasteiger partial charge is 0.306 e. The van der Waals surface area contributed by atoms with Gasteiger partial charge < -0.3 is 14.2 Å². The van der Waals surface area contributed by atoms with Crippen LogP contribution in [0.5, 0.6) is 0 Å². The minimum Gasteiger partial charge on any atom is -0.462 e. The molecule has 0 saturated heterocycles. The Morgan fingerprint density at radius 3 is 0.986 bits per heavy atom. The topological polar surface area (TPSA) is 78.9 Å². The van der Waals surface area contributed by atoms with Crippen LogP contribution in [0.25, 0.3) is 0 Å². The van der Waals surface area contributed by atoms with Gasteiger partial charge >= 0.3 is 17.9 Å². The quantitative estimate of drug-likeness (QED) is 0.0262. The van der Waals surface area contributed by atoms with E-state index in [9.17, 15) is 14.4 Å². The van der Waals surface area contributed by atoms with Crippen LogP contribution in [0.15, 0.2) is 109 Å². The second-order valence-electron chi connectivity index (χ2n) is 18.5. The van der Waals surface area contributed by atoms with Gasteiger partial charge in [-0.1, -0.05) is 246 Å². The number of rotatable bonds is 50. The van der Waals surface area contributed by atoms with Crippen molar-refractivity contribution in [2.45, 2.75) is 258 Å². The van der Waals surface area contributed by atoms with E-state index in [1.54, 1.807) is 0 Å². The fourth-order valence-corrected chi connectivity index (χ4v) is 7.51. The fraction of sp³-hybridized carbons (Fsp3) is 0.667. The fourth-order valence-electron chi connectivity index (χ4n) is 7.51. The van der Waals surface area contributed by atoms with Gasteiger partial charge in [-0.25, -0.2) is 0 Å². The van der Waals surface area contributed by atoms with Crippen LogP contribution in [0.4, 0.5) is 0 Å². The van der Waals surface area contributed by atoms with Crippen LogP contribution in [0.3, 0.4) is 0 Å². The molecule has 0 fully saturated rings. The third-order valence-corrected chi connectivity index (χ3v) is 11.8. The van der Waals surface area contributed by atoms with E-state index in [0.717, 1.165) is 116 Å². The molecule has 0 aromatic carbocycles. The molecule has 0 saturated carbocycles. The number of carbonyl (C=O) groups excluding carboxylic acids is 3. The van der Waals surface area contributed by atoms with Gasteiger partial charge in [0.25, 0.3) is 0 Å². The zero-order chi connectivity index (χ0) is 50.0. The Bertz CT molecular complexity index is 1420. The highest BCUT2D eigenvalue weighted by Gasteiger charge is 2.19. The van der Waals surface area contributed by atoms with Crippen molar-refractivity contribution in [2.75, 3.05) is 13.2 Å². The van der Waals surface area contributed by atoms with Crippen LogP contribution < -0.4 is 0 Å². The van der Waals surface area contributed by atoms with Crippen molar-refractivity contribution in [2.24, 2.45) is 0 Å². The maximum Gasteiger partial charge on any atom is 0.306 e. The molecular weight excluding hydrogens is 853 g/mol. The van der Waals surface area contributed by atoms with Crippen molar-refractivity contribution in [1.82, 2.24) is 0 Å². The van der Waals surface area contributed by atoms with Crippen LogP contribution in [0, 0.1) is 0 Å². The van der Waals surface area contributed by atoms with Gasteiger partial charge in [0.2, 0.25) is 0 Å². The maximum atomic E-state index is 12.8. The summed E-state index contributed by atoms with van der Waals surface area (Å²) in [5, 5.41) is 0. The highest BCUT2D eigenvalue weighted by atomic mass is 16.6. The largest absolute Gasteiger partial charge is 0.462 e. The monoisotopic (exact) mass is 957 g/mol. The molecule has 392 valence electrons. The number of esters is 3. The van der Waals surface area contributed by atoms with Crippen LogP contribution in [-0.2, 0) is 28.6 Å². The molecular formula is C63H104O6. The Hall–Kier alpha value is -3.93. The van der Waals surface area contributed by atoms with Crippen LogP contribution >= 0.6 is 0 Å². The first-order chi connectivity index (χ1) is 34.0. The Morgan fingerprint density at radius 2 is 0.594 bits per heavy atom. The summed E-state index contributed by atoms with van der Waals surface area (Å²) in [6, 6.07) is 0. The lowest BCUT2D eigenvalue weighted by molar-refractivity contribution is -0.167. The molecule has 6 heteroatoms. The first-order valence-electron chi connectivity index (χ1n) is 28.4. The highest BCUT2D eigenvalue weighted by Crippen LogP contribution is 2.15. The standard InChI is InChI=1S/C63H104O6/c1-4-7-10-13-16-19-22-25-28-29-30-31-32-33-34-35-36-39-41-44-47-50-53-56-62(65)68-59-60(69-63(66)57-54-51-48-45-42-38-27-24-21-18-15-12-9-6-3)58-67-61(64)55-52-49-46-43-40-37-26-23-20-17-14-11-8-5-2/h7,10,15-16,18-19,24-25,27-28,30-31,33-34,36,39,44,47,60H,4-6,8-9,11-14,17,20-23,26,29,32,35,37-38,40-43,45-46,48-59H2,1-3H3/b10-7-,18-15-,19-16-,27-24-,28-25-,31-30-,34-33-,39-36-,47-44-. The van der Waals surface area contributed by atoms with E-state index in [2.05, 4.69) is 130 Å². The van der Waals surface area contributed by atoms with Gasteiger partial charge in [0.05, 0.1) is 0 Å². The van der Waals surface area contributed by atoms with Gasteiger partial charge in [-0.2, -0.15) is 0 Å². The number of ether oxygens (including phenoxy) is 3. The zero-order valence-corrected chi connectivity index (χ0v) is 44.8. The Balaban J connectivity index is 4.48. The summed E-state index contributed by atoms with van der Waals surface area (Å²) in [5.74, 6) is -0.977. The summed E-state index contributed by atoms with van der Waals surface area (Å²) in [4.78, 5) is 38.1. The number of carbonyl (C=O) groups is 3. The minimum absolute atomic E-state index is 0.101. The molecule has 0 amide bonds. The van der Waals surface area contributed by atoms with Crippen molar-refractivity contribution >= 4 is 17.9 Å². The highest BCUT2D eigenvalue weighted by molar-refractivity contribution is 5.71. The van der Waals surface area contributed by atoms with E-state index in [1.165, 1.54) is 89.9 Å². The van der Waals surface area contributed by atoms with E-state index >= 15 is 0 Å². The first-order valence-corrected chi connectivity index (χ1v) is 28.4. The molecule has 0 heterocycles. The molecule has 1 unspecified atom stereocenters. The summed E-state index contributed by atoms with van der Waals surface area (Å²) in [6.07, 6.45) is 76.5. The van der Waals surface area contributed by atoms with Crippen molar-refractivity contribution in [3.8, 4) is 0 Å². The van der Waals surface area contributed by atoms with Gasteiger partial charge in [0, 0.05) is 19.3 Å². The first kappa shape index (κ1) is 65.1. The average molecular weight is 958 g/mol. The molecule has 0 aliphatic rings. The number of allylic oxidation sites excluding steroid dienone is 18. The molecule has 0 aromatic rings. The molecule has 0 radical (unpaired) electrons. The lowest BCUT2D eigenvalue weighted by Gasteiger charge is -2.18. The lowest BCUT2D eigenvalue weighted by atomic mass is 10.0. The summed E-state index contributed by atoms with van der Waals surface area (Å²) < 4.78 is 16.8.